The summed E-state index contributed by atoms with van der Waals surface area (Å²) >= 11 is 3.44. The van der Waals surface area contributed by atoms with Crippen LogP contribution in [0.4, 0.5) is 5.69 Å². The topological polar surface area (TPSA) is 47.3 Å². The van der Waals surface area contributed by atoms with Crippen LogP contribution in [0.1, 0.15) is 11.1 Å². The molecule has 0 saturated carbocycles. The van der Waals surface area contributed by atoms with E-state index in [0.717, 1.165) is 36.1 Å². The van der Waals surface area contributed by atoms with Gasteiger partial charge in [-0.2, -0.15) is 5.26 Å². The number of nitrogens with zero attached hydrogens (tertiary/aromatic N) is 3. The Bertz CT molecular complexity index is 692. The van der Waals surface area contributed by atoms with E-state index < -0.39 is 0 Å². The molecule has 124 valence electrons. The lowest BCUT2D eigenvalue weighted by Crippen LogP contribution is -2.34. The van der Waals surface area contributed by atoms with E-state index in [4.69, 9.17) is 5.26 Å². The molecule has 5 heteroatoms. The summed E-state index contributed by atoms with van der Waals surface area (Å²) in [5, 5.41) is 8.87. The van der Waals surface area contributed by atoms with Crippen LogP contribution >= 0.6 is 15.9 Å². The van der Waals surface area contributed by atoms with E-state index in [-0.39, 0.29) is 0 Å². The summed E-state index contributed by atoms with van der Waals surface area (Å²) in [5.41, 5.74) is 2.83. The summed E-state index contributed by atoms with van der Waals surface area (Å²) in [6, 6.07) is 17.7. The zero-order valence-electron chi connectivity index (χ0n) is 13.7. The number of anilines is 1. The van der Waals surface area contributed by atoms with Crippen molar-refractivity contribution in [1.82, 2.24) is 4.90 Å². The average molecular weight is 386 g/mol. The van der Waals surface area contributed by atoms with Crippen molar-refractivity contribution in [3.63, 3.8) is 0 Å². The predicted octanol–water partition coefficient (Wildman–Crippen LogP) is 3.46. The van der Waals surface area contributed by atoms with Crippen LogP contribution in [0.3, 0.4) is 0 Å². The van der Waals surface area contributed by atoms with Crippen LogP contribution in [-0.4, -0.2) is 37.9 Å². The number of nitriles is 1. The fourth-order valence-corrected chi connectivity index (χ4v) is 2.70. The van der Waals surface area contributed by atoms with Crippen LogP contribution < -0.4 is 4.90 Å². The number of aldehydes is 1. The fourth-order valence-electron chi connectivity index (χ4n) is 2.43. The maximum atomic E-state index is 11.0. The van der Waals surface area contributed by atoms with Crippen molar-refractivity contribution in [3.05, 3.63) is 64.1 Å². The Morgan fingerprint density at radius 1 is 1.08 bits per heavy atom. The second-order valence-electron chi connectivity index (χ2n) is 5.64. The molecule has 2 aromatic carbocycles. The Morgan fingerprint density at radius 2 is 1.75 bits per heavy atom. The molecule has 0 aliphatic heterocycles. The van der Waals surface area contributed by atoms with Crippen molar-refractivity contribution in [1.29, 1.82) is 5.26 Å². The first-order valence-corrected chi connectivity index (χ1v) is 8.53. The van der Waals surface area contributed by atoms with Gasteiger partial charge in [0, 0.05) is 29.8 Å². The SMILES string of the molecule is CN(CCN(CC=O)c1ccc(C#N)cc1)Cc1ccc(Br)cc1. The molecule has 0 N–H and O–H groups in total. The van der Waals surface area contributed by atoms with Crippen molar-refractivity contribution >= 4 is 27.9 Å². The molecule has 0 atom stereocenters. The van der Waals surface area contributed by atoms with E-state index in [9.17, 15) is 4.79 Å². The molecule has 0 aromatic heterocycles. The molecule has 0 saturated heterocycles. The van der Waals surface area contributed by atoms with Crippen LogP contribution in [-0.2, 0) is 11.3 Å². The Morgan fingerprint density at radius 3 is 2.33 bits per heavy atom. The summed E-state index contributed by atoms with van der Waals surface area (Å²) in [4.78, 5) is 15.2. The fraction of sp³-hybridized carbons (Fsp3) is 0.263. The number of hydrogen-bond acceptors (Lipinski definition) is 4. The van der Waals surface area contributed by atoms with E-state index in [2.05, 4.69) is 46.1 Å². The standard InChI is InChI=1S/C19H20BrN3O/c1-22(15-17-2-6-18(20)7-3-17)10-11-23(12-13-24)19-8-4-16(14-21)5-9-19/h2-9,13H,10-12,15H2,1H3. The van der Waals surface area contributed by atoms with E-state index >= 15 is 0 Å². The van der Waals surface area contributed by atoms with Crippen molar-refractivity contribution in [3.8, 4) is 6.07 Å². The number of benzene rings is 2. The smallest absolute Gasteiger partial charge is 0.139 e. The van der Waals surface area contributed by atoms with E-state index in [0.29, 0.717) is 12.1 Å². The maximum Gasteiger partial charge on any atom is 0.139 e. The first-order valence-electron chi connectivity index (χ1n) is 7.74. The van der Waals surface area contributed by atoms with Crippen LogP contribution in [0.5, 0.6) is 0 Å². The molecular formula is C19H20BrN3O. The molecule has 0 bridgehead atoms. The third kappa shape index (κ3) is 5.48. The molecule has 4 nitrogen and oxygen atoms in total. The van der Waals surface area contributed by atoms with Gasteiger partial charge in [-0.25, -0.2) is 0 Å². The lowest BCUT2D eigenvalue weighted by Gasteiger charge is -2.26. The highest BCUT2D eigenvalue weighted by molar-refractivity contribution is 9.10. The highest BCUT2D eigenvalue weighted by atomic mass is 79.9. The van der Waals surface area contributed by atoms with Crippen LogP contribution in [0.2, 0.25) is 0 Å². The molecule has 0 amide bonds. The summed E-state index contributed by atoms with van der Waals surface area (Å²) in [6.07, 6.45) is 0.910. The second-order valence-corrected chi connectivity index (χ2v) is 6.55. The molecule has 0 aliphatic carbocycles. The third-order valence-electron chi connectivity index (χ3n) is 3.77. The maximum absolute atomic E-state index is 11.0. The van der Waals surface area contributed by atoms with Gasteiger partial charge >= 0.3 is 0 Å². The van der Waals surface area contributed by atoms with Crippen LogP contribution in [0.15, 0.2) is 53.0 Å². The number of likely N-dealkylation sites (N-methyl/N-ethyl adjacent to an activating group) is 1. The van der Waals surface area contributed by atoms with Crippen LogP contribution in [0.25, 0.3) is 0 Å². The molecule has 0 unspecified atom stereocenters. The summed E-state index contributed by atoms with van der Waals surface area (Å²) in [5.74, 6) is 0. The van der Waals surface area contributed by atoms with Gasteiger partial charge in [-0.1, -0.05) is 28.1 Å². The number of hydrogen-bond donors (Lipinski definition) is 0. The number of halogens is 1. The Kier molecular flexibility index (Phi) is 6.98. The lowest BCUT2D eigenvalue weighted by molar-refractivity contribution is -0.106. The van der Waals surface area contributed by atoms with Crippen LogP contribution in [0, 0.1) is 11.3 Å². The van der Waals surface area contributed by atoms with Gasteiger partial charge in [0.15, 0.2) is 0 Å². The van der Waals surface area contributed by atoms with Gasteiger partial charge in [-0.15, -0.1) is 0 Å². The van der Waals surface area contributed by atoms with Crippen molar-refractivity contribution in [2.45, 2.75) is 6.54 Å². The molecule has 0 fully saturated rings. The van der Waals surface area contributed by atoms with E-state index in [1.54, 1.807) is 12.1 Å². The molecule has 24 heavy (non-hydrogen) atoms. The largest absolute Gasteiger partial charge is 0.363 e. The summed E-state index contributed by atoms with van der Waals surface area (Å²) in [7, 11) is 2.07. The van der Waals surface area contributed by atoms with E-state index in [1.165, 1.54) is 5.56 Å². The normalized spacial score (nSPS) is 10.4. The molecule has 2 aromatic rings. The average Bonchev–Trinajstić information content (AvgIpc) is 2.61. The summed E-state index contributed by atoms with van der Waals surface area (Å²) < 4.78 is 1.08. The number of rotatable bonds is 8. The molecule has 0 aliphatic rings. The summed E-state index contributed by atoms with van der Waals surface area (Å²) in [6.45, 7) is 2.79. The minimum atomic E-state index is 0.345. The Labute approximate surface area is 151 Å². The zero-order valence-corrected chi connectivity index (χ0v) is 15.2. The predicted molar refractivity (Wildman–Crippen MR) is 99.9 cm³/mol. The molecular weight excluding hydrogens is 366 g/mol. The van der Waals surface area contributed by atoms with Gasteiger partial charge in [0.1, 0.15) is 6.29 Å². The monoisotopic (exact) mass is 385 g/mol. The quantitative estimate of drug-likeness (QED) is 0.652. The van der Waals surface area contributed by atoms with Gasteiger partial charge < -0.3 is 14.6 Å². The molecule has 2 rings (SSSR count). The van der Waals surface area contributed by atoms with Gasteiger partial charge in [0.05, 0.1) is 18.2 Å². The third-order valence-corrected chi connectivity index (χ3v) is 4.30. The highest BCUT2D eigenvalue weighted by Crippen LogP contribution is 2.15. The minimum absolute atomic E-state index is 0.345. The highest BCUT2D eigenvalue weighted by Gasteiger charge is 2.08. The second kappa shape index (κ2) is 9.21. The molecule has 0 radical (unpaired) electrons. The first kappa shape index (κ1) is 18.2. The van der Waals surface area contributed by atoms with Crippen molar-refractivity contribution < 1.29 is 4.79 Å². The van der Waals surface area contributed by atoms with Gasteiger partial charge in [0.2, 0.25) is 0 Å². The lowest BCUT2D eigenvalue weighted by atomic mass is 10.2. The van der Waals surface area contributed by atoms with Crippen molar-refractivity contribution in [2.24, 2.45) is 0 Å². The first-order chi connectivity index (χ1) is 11.6. The number of carbonyl (C=O) groups excluding carboxylic acids is 1. The van der Waals surface area contributed by atoms with Gasteiger partial charge in [-0.3, -0.25) is 0 Å². The van der Waals surface area contributed by atoms with Gasteiger partial charge in [0.25, 0.3) is 0 Å². The Hall–Kier alpha value is -2.16. The molecule has 0 heterocycles. The minimum Gasteiger partial charge on any atom is -0.363 e. The van der Waals surface area contributed by atoms with E-state index in [1.807, 2.05) is 29.2 Å². The number of carbonyl (C=O) groups is 1. The zero-order chi connectivity index (χ0) is 17.4. The molecule has 0 spiro atoms. The Balaban J connectivity index is 1.93. The van der Waals surface area contributed by atoms with Gasteiger partial charge in [-0.05, 0) is 49.0 Å². The van der Waals surface area contributed by atoms with Crippen molar-refractivity contribution in [2.75, 3.05) is 31.6 Å².